The molecule has 32 heavy (non-hydrogen) atoms. The first-order valence-corrected chi connectivity index (χ1v) is 10.6. The highest BCUT2D eigenvalue weighted by Gasteiger charge is 2.16. The average Bonchev–Trinajstić information content (AvgIpc) is 2.87. The summed E-state index contributed by atoms with van der Waals surface area (Å²) in [6.07, 6.45) is 0. The lowest BCUT2D eigenvalue weighted by atomic mass is 10.1. The second-order valence-electron chi connectivity index (χ2n) is 7.38. The molecule has 0 aliphatic carbocycles. The van der Waals surface area contributed by atoms with Crippen molar-refractivity contribution in [1.29, 1.82) is 0 Å². The Hall–Kier alpha value is -4.48. The standard InChI is InChI=1S/C30H22N2/c1-5-14-25(15-6-1)31(26-16-7-2-8-17-26)29-22-13-23-30(24-29)32(27-18-9-3-10-19-27)28-20-11-4-12-21-28/h1-11,13-20,22-24H. The van der Waals surface area contributed by atoms with Gasteiger partial charge in [-0.2, -0.15) is 0 Å². The lowest BCUT2D eigenvalue weighted by Crippen LogP contribution is -2.12. The number of anilines is 6. The van der Waals surface area contributed by atoms with E-state index in [1.807, 2.05) is 30.3 Å². The third-order valence-electron chi connectivity index (χ3n) is 5.26. The maximum Gasteiger partial charge on any atom is 0.0973 e. The van der Waals surface area contributed by atoms with Crippen LogP contribution in [0.2, 0.25) is 0 Å². The van der Waals surface area contributed by atoms with Gasteiger partial charge in [0, 0.05) is 28.4 Å². The first-order chi connectivity index (χ1) is 15.9. The van der Waals surface area contributed by atoms with E-state index in [4.69, 9.17) is 0 Å². The Kier molecular flexibility index (Phi) is 5.55. The van der Waals surface area contributed by atoms with Gasteiger partial charge in [-0.05, 0) is 72.8 Å². The third-order valence-corrected chi connectivity index (χ3v) is 5.26. The number of para-hydroxylation sites is 3. The van der Waals surface area contributed by atoms with Crippen molar-refractivity contribution in [2.75, 3.05) is 9.80 Å². The highest BCUT2D eigenvalue weighted by molar-refractivity contribution is 5.82. The molecule has 0 radical (unpaired) electrons. The van der Waals surface area contributed by atoms with Crippen molar-refractivity contribution < 1.29 is 0 Å². The summed E-state index contributed by atoms with van der Waals surface area (Å²) in [6.45, 7) is 0. The predicted molar refractivity (Wildman–Crippen MR) is 133 cm³/mol. The fourth-order valence-corrected chi connectivity index (χ4v) is 3.85. The summed E-state index contributed by atoms with van der Waals surface area (Å²) in [7, 11) is 0. The molecule has 0 aliphatic heterocycles. The third kappa shape index (κ3) is 4.05. The van der Waals surface area contributed by atoms with Gasteiger partial charge in [0.1, 0.15) is 0 Å². The minimum Gasteiger partial charge on any atom is -0.310 e. The molecule has 5 aromatic rings. The van der Waals surface area contributed by atoms with Crippen molar-refractivity contribution in [3.05, 3.63) is 146 Å². The molecular weight excluding hydrogens is 388 g/mol. The number of hydrogen-bond donors (Lipinski definition) is 0. The summed E-state index contributed by atoms with van der Waals surface area (Å²) in [5.41, 5.74) is 6.39. The van der Waals surface area contributed by atoms with Gasteiger partial charge in [-0.3, -0.25) is 0 Å². The number of benzene rings is 4. The van der Waals surface area contributed by atoms with Crippen LogP contribution in [0.4, 0.5) is 34.1 Å². The van der Waals surface area contributed by atoms with Gasteiger partial charge in [-0.15, -0.1) is 0 Å². The number of nitrogens with zero attached hydrogens (tertiary/aromatic N) is 2. The van der Waals surface area contributed by atoms with Crippen LogP contribution in [0, 0.1) is 12.1 Å². The molecule has 2 heteroatoms. The predicted octanol–water partition coefficient (Wildman–Crippen LogP) is 8.23. The maximum absolute atomic E-state index is 3.26. The monoisotopic (exact) mass is 410 g/mol. The number of rotatable bonds is 6. The normalized spacial score (nSPS) is 10.2. The summed E-state index contributed by atoms with van der Waals surface area (Å²) in [6, 6.07) is 52.1. The van der Waals surface area contributed by atoms with Gasteiger partial charge in [0.15, 0.2) is 0 Å². The minimum atomic E-state index is 0.946. The van der Waals surface area contributed by atoms with Crippen molar-refractivity contribution >= 4 is 34.1 Å². The van der Waals surface area contributed by atoms with Gasteiger partial charge >= 0.3 is 0 Å². The fraction of sp³-hybridized carbons (Fsp3) is 0. The molecule has 0 aromatic heterocycles. The van der Waals surface area contributed by atoms with Gasteiger partial charge in [0.05, 0.1) is 5.69 Å². The quantitative estimate of drug-likeness (QED) is 0.278. The zero-order chi connectivity index (χ0) is 21.6. The van der Waals surface area contributed by atoms with Crippen LogP contribution in [0.25, 0.3) is 0 Å². The molecule has 152 valence electrons. The number of hydrogen-bond acceptors (Lipinski definition) is 2. The van der Waals surface area contributed by atoms with E-state index in [-0.39, 0.29) is 0 Å². The Morgan fingerprint density at radius 2 is 0.875 bits per heavy atom. The molecule has 0 fully saturated rings. The van der Waals surface area contributed by atoms with Crippen molar-refractivity contribution in [2.45, 2.75) is 0 Å². The lowest BCUT2D eigenvalue weighted by molar-refractivity contribution is 1.25. The van der Waals surface area contributed by atoms with Crippen LogP contribution in [0.15, 0.2) is 133 Å². The van der Waals surface area contributed by atoms with Crippen molar-refractivity contribution in [3.63, 3.8) is 0 Å². The summed E-state index contributed by atoms with van der Waals surface area (Å²) in [5, 5.41) is 0. The zero-order valence-corrected chi connectivity index (χ0v) is 17.6. The second kappa shape index (κ2) is 9.12. The van der Waals surface area contributed by atoms with E-state index in [1.165, 1.54) is 0 Å². The van der Waals surface area contributed by atoms with Gasteiger partial charge < -0.3 is 9.80 Å². The Morgan fingerprint density at radius 3 is 1.38 bits per heavy atom. The van der Waals surface area contributed by atoms with E-state index in [0.717, 1.165) is 34.1 Å². The zero-order valence-electron chi connectivity index (χ0n) is 17.6. The lowest BCUT2D eigenvalue weighted by Gasteiger charge is -2.28. The molecule has 0 aliphatic rings. The van der Waals surface area contributed by atoms with E-state index in [9.17, 15) is 0 Å². The summed E-state index contributed by atoms with van der Waals surface area (Å²) in [5.74, 6) is 0. The van der Waals surface area contributed by atoms with Gasteiger partial charge in [0.25, 0.3) is 0 Å². The van der Waals surface area contributed by atoms with Crippen LogP contribution >= 0.6 is 0 Å². The molecule has 0 atom stereocenters. The smallest absolute Gasteiger partial charge is 0.0973 e. The largest absolute Gasteiger partial charge is 0.310 e. The topological polar surface area (TPSA) is 6.48 Å². The highest BCUT2D eigenvalue weighted by Crippen LogP contribution is 2.39. The van der Waals surface area contributed by atoms with E-state index >= 15 is 0 Å². The maximum atomic E-state index is 3.26. The van der Waals surface area contributed by atoms with Crippen LogP contribution in [-0.2, 0) is 0 Å². The van der Waals surface area contributed by atoms with E-state index in [1.54, 1.807) is 0 Å². The van der Waals surface area contributed by atoms with Crippen LogP contribution in [0.5, 0.6) is 0 Å². The summed E-state index contributed by atoms with van der Waals surface area (Å²) in [4.78, 5) is 4.47. The molecule has 5 rings (SSSR count). The molecule has 2 nitrogen and oxygen atoms in total. The molecule has 0 saturated heterocycles. The average molecular weight is 411 g/mol. The van der Waals surface area contributed by atoms with Crippen molar-refractivity contribution in [2.24, 2.45) is 0 Å². The summed E-state index contributed by atoms with van der Waals surface area (Å²) < 4.78 is 0. The van der Waals surface area contributed by atoms with E-state index in [2.05, 4.69) is 125 Å². The Morgan fingerprint density at radius 1 is 0.406 bits per heavy atom. The molecule has 5 aromatic carbocycles. The van der Waals surface area contributed by atoms with Crippen molar-refractivity contribution in [1.82, 2.24) is 0 Å². The highest BCUT2D eigenvalue weighted by atomic mass is 15.2. The Balaban J connectivity index is 1.65. The van der Waals surface area contributed by atoms with E-state index in [0.29, 0.717) is 0 Å². The fourth-order valence-electron chi connectivity index (χ4n) is 3.85. The van der Waals surface area contributed by atoms with Gasteiger partial charge in [0.2, 0.25) is 0 Å². The van der Waals surface area contributed by atoms with Crippen LogP contribution in [-0.4, -0.2) is 0 Å². The Bertz CT molecular complexity index is 1080. The summed E-state index contributed by atoms with van der Waals surface area (Å²) >= 11 is 0. The van der Waals surface area contributed by atoms with Crippen LogP contribution in [0.3, 0.4) is 0 Å². The van der Waals surface area contributed by atoms with Crippen molar-refractivity contribution in [3.8, 4) is 0 Å². The first-order valence-electron chi connectivity index (χ1n) is 10.6. The molecule has 0 amide bonds. The van der Waals surface area contributed by atoms with Gasteiger partial charge in [-0.25, -0.2) is 0 Å². The molecule has 0 unspecified atom stereocenters. The van der Waals surface area contributed by atoms with Gasteiger partial charge in [-0.1, -0.05) is 72.8 Å². The molecule has 0 saturated carbocycles. The van der Waals surface area contributed by atoms with Crippen LogP contribution in [0.1, 0.15) is 0 Å². The Labute approximate surface area is 189 Å². The molecule has 0 spiro atoms. The van der Waals surface area contributed by atoms with Crippen LogP contribution < -0.4 is 9.80 Å². The molecular formula is C30H22N2. The SMILES string of the molecule is c1cccc(N(c2ccccc2)c2cccc(N(c3ccccc3)c3ccccc3)c2)c#1. The molecule has 0 heterocycles. The van der Waals surface area contributed by atoms with E-state index < -0.39 is 0 Å². The first kappa shape index (κ1) is 19.5. The minimum absolute atomic E-state index is 0.946. The second-order valence-corrected chi connectivity index (χ2v) is 7.38. The molecule has 0 N–H and O–H groups in total. The molecule has 0 bridgehead atoms.